The number of hydrogen-bond acceptors (Lipinski definition) is 5. The number of thioether (sulfide) groups is 1. The van der Waals surface area contributed by atoms with E-state index in [0.717, 1.165) is 24.5 Å². The lowest BCUT2D eigenvalue weighted by Gasteiger charge is -2.16. The lowest BCUT2D eigenvalue weighted by Crippen LogP contribution is -2.38. The molecule has 0 aliphatic heterocycles. The van der Waals surface area contributed by atoms with Crippen molar-refractivity contribution >= 4 is 29.1 Å². The van der Waals surface area contributed by atoms with E-state index in [1.807, 2.05) is 30.1 Å². The first-order valence-electron chi connectivity index (χ1n) is 6.28. The molecule has 0 saturated heterocycles. The van der Waals surface area contributed by atoms with Gasteiger partial charge in [0, 0.05) is 11.4 Å². The Hall–Kier alpha value is -0.520. The minimum absolute atomic E-state index is 0.134. The van der Waals surface area contributed by atoms with Gasteiger partial charge in [-0.3, -0.25) is 10.1 Å². The van der Waals surface area contributed by atoms with Crippen molar-refractivity contribution in [2.24, 2.45) is 0 Å². The zero-order valence-electron chi connectivity index (χ0n) is 11.0. The van der Waals surface area contributed by atoms with Crippen LogP contribution >= 0.6 is 23.1 Å². The average Bonchev–Trinajstić information content (AvgIpc) is 2.87. The summed E-state index contributed by atoms with van der Waals surface area (Å²) < 4.78 is 5.10. The van der Waals surface area contributed by atoms with E-state index >= 15 is 0 Å². The normalized spacial score (nSPS) is 12.3. The summed E-state index contributed by atoms with van der Waals surface area (Å²) in [4.78, 5) is 13.0. The van der Waals surface area contributed by atoms with Crippen molar-refractivity contribution in [2.75, 3.05) is 18.1 Å². The second-order valence-corrected chi connectivity index (χ2v) is 6.18. The first-order valence-corrected chi connectivity index (χ1v) is 8.31. The van der Waals surface area contributed by atoms with Crippen LogP contribution in [0.2, 0.25) is 0 Å². The summed E-state index contributed by atoms with van der Waals surface area (Å²) in [7, 11) is 0. The monoisotopic (exact) mass is 287 g/mol. The molecule has 0 radical (unpaired) electrons. The van der Waals surface area contributed by atoms with E-state index in [0.29, 0.717) is 6.61 Å². The molecule has 1 aromatic heterocycles. The second-order valence-electron chi connectivity index (χ2n) is 3.75. The van der Waals surface area contributed by atoms with Gasteiger partial charge in [-0.15, -0.1) is 11.3 Å². The minimum atomic E-state index is -0.189. The van der Waals surface area contributed by atoms with Crippen molar-refractivity contribution in [3.8, 4) is 0 Å². The lowest BCUT2D eigenvalue weighted by atomic mass is 10.2. The molecule has 0 aromatic carbocycles. The summed E-state index contributed by atoms with van der Waals surface area (Å²) in [6.45, 7) is 5.15. The van der Waals surface area contributed by atoms with Crippen LogP contribution in [-0.2, 0) is 16.1 Å². The number of rotatable bonds is 9. The molecular formula is C13H21NO2S2. The third-order valence-corrected chi connectivity index (χ3v) is 4.24. The van der Waals surface area contributed by atoms with Gasteiger partial charge in [-0.05, 0) is 36.3 Å². The highest BCUT2D eigenvalue weighted by Gasteiger charge is 2.18. The Labute approximate surface area is 117 Å². The fourth-order valence-corrected chi connectivity index (χ4v) is 2.88. The smallest absolute Gasteiger partial charge is 0.323 e. The number of thiophene rings is 1. The van der Waals surface area contributed by atoms with Gasteiger partial charge in [-0.25, -0.2) is 0 Å². The van der Waals surface area contributed by atoms with Crippen molar-refractivity contribution in [1.29, 1.82) is 0 Å². The summed E-state index contributed by atoms with van der Waals surface area (Å²) in [5.41, 5.74) is 0. The van der Waals surface area contributed by atoms with Crippen LogP contribution in [0.25, 0.3) is 0 Å². The first kappa shape index (κ1) is 15.5. The van der Waals surface area contributed by atoms with Crippen LogP contribution in [0, 0.1) is 0 Å². The number of carbonyl (C=O) groups excluding carboxylic acids is 1. The van der Waals surface area contributed by atoms with Crippen LogP contribution in [-0.4, -0.2) is 30.1 Å². The topological polar surface area (TPSA) is 38.3 Å². The van der Waals surface area contributed by atoms with E-state index in [9.17, 15) is 4.79 Å². The fraction of sp³-hybridized carbons (Fsp3) is 0.615. The van der Waals surface area contributed by atoms with Gasteiger partial charge < -0.3 is 4.74 Å². The van der Waals surface area contributed by atoms with Crippen LogP contribution in [0.4, 0.5) is 0 Å². The van der Waals surface area contributed by atoms with Crippen LogP contribution in [0.15, 0.2) is 17.5 Å². The molecule has 18 heavy (non-hydrogen) atoms. The molecule has 0 saturated carbocycles. The molecule has 1 aromatic rings. The number of carbonyl (C=O) groups is 1. The van der Waals surface area contributed by atoms with E-state index in [-0.39, 0.29) is 12.0 Å². The molecule has 1 rings (SSSR count). The van der Waals surface area contributed by atoms with Crippen molar-refractivity contribution in [2.45, 2.75) is 32.9 Å². The molecule has 0 fully saturated rings. The van der Waals surface area contributed by atoms with Gasteiger partial charge in [0.1, 0.15) is 6.04 Å². The lowest BCUT2D eigenvalue weighted by molar-refractivity contribution is -0.145. The van der Waals surface area contributed by atoms with E-state index in [4.69, 9.17) is 4.74 Å². The quantitative estimate of drug-likeness (QED) is 0.560. The van der Waals surface area contributed by atoms with Crippen LogP contribution in [0.3, 0.4) is 0 Å². The van der Waals surface area contributed by atoms with E-state index < -0.39 is 0 Å². The average molecular weight is 287 g/mol. The third-order valence-electron chi connectivity index (χ3n) is 2.43. The highest BCUT2D eigenvalue weighted by molar-refractivity contribution is 7.99. The Morgan fingerprint density at radius 2 is 2.39 bits per heavy atom. The van der Waals surface area contributed by atoms with Gasteiger partial charge in [0.05, 0.1) is 6.61 Å². The van der Waals surface area contributed by atoms with Crippen molar-refractivity contribution in [1.82, 2.24) is 5.32 Å². The third kappa shape index (κ3) is 5.89. The summed E-state index contributed by atoms with van der Waals surface area (Å²) in [6, 6.07) is 3.90. The van der Waals surface area contributed by atoms with Crippen LogP contribution < -0.4 is 5.32 Å². The van der Waals surface area contributed by atoms with E-state index in [1.54, 1.807) is 11.3 Å². The number of ether oxygens (including phenoxy) is 1. The van der Waals surface area contributed by atoms with Gasteiger partial charge in [-0.1, -0.05) is 13.0 Å². The minimum Gasteiger partial charge on any atom is -0.465 e. The molecule has 0 aliphatic rings. The summed E-state index contributed by atoms with van der Waals surface area (Å²) in [5.74, 6) is 1.93. The molecule has 5 heteroatoms. The van der Waals surface area contributed by atoms with E-state index in [2.05, 4.69) is 18.3 Å². The highest BCUT2D eigenvalue weighted by Crippen LogP contribution is 2.10. The largest absolute Gasteiger partial charge is 0.465 e. The molecule has 3 nitrogen and oxygen atoms in total. The maximum absolute atomic E-state index is 11.8. The van der Waals surface area contributed by atoms with Crippen LogP contribution in [0.5, 0.6) is 0 Å². The Bertz CT molecular complexity index is 328. The van der Waals surface area contributed by atoms with Gasteiger partial charge in [-0.2, -0.15) is 11.8 Å². The first-order chi connectivity index (χ1) is 8.77. The van der Waals surface area contributed by atoms with E-state index in [1.165, 1.54) is 4.88 Å². The van der Waals surface area contributed by atoms with Crippen molar-refractivity contribution < 1.29 is 9.53 Å². The van der Waals surface area contributed by atoms with Gasteiger partial charge >= 0.3 is 5.97 Å². The maximum Gasteiger partial charge on any atom is 0.323 e. The summed E-state index contributed by atoms with van der Waals surface area (Å²) in [5, 5.41) is 5.33. The van der Waals surface area contributed by atoms with Crippen molar-refractivity contribution in [3.05, 3.63) is 22.4 Å². The molecule has 1 N–H and O–H groups in total. The Kier molecular flexibility index (Phi) is 8.13. The number of esters is 1. The molecule has 0 amide bonds. The molecule has 102 valence electrons. The van der Waals surface area contributed by atoms with Gasteiger partial charge in [0.15, 0.2) is 0 Å². The number of hydrogen-bond donors (Lipinski definition) is 1. The Morgan fingerprint density at radius 3 is 3.00 bits per heavy atom. The molecule has 1 atom stereocenters. The fourth-order valence-electron chi connectivity index (χ4n) is 1.53. The standard InChI is InChI=1S/C13H21NO2S2/c1-3-16-13(15)12(7-9-17-4-2)14-10-11-6-5-8-18-11/h5-6,8,12,14H,3-4,7,9-10H2,1-2H3. The highest BCUT2D eigenvalue weighted by atomic mass is 32.2. The SMILES string of the molecule is CCOC(=O)C(CCSCC)NCc1cccs1. The molecule has 1 unspecified atom stereocenters. The predicted molar refractivity (Wildman–Crippen MR) is 79.2 cm³/mol. The molecule has 1 heterocycles. The predicted octanol–water partition coefficient (Wildman–Crippen LogP) is 2.91. The molecule has 0 aliphatic carbocycles. The zero-order valence-corrected chi connectivity index (χ0v) is 12.6. The molecular weight excluding hydrogens is 266 g/mol. The van der Waals surface area contributed by atoms with Gasteiger partial charge in [0.2, 0.25) is 0 Å². The summed E-state index contributed by atoms with van der Waals surface area (Å²) in [6.07, 6.45) is 0.822. The van der Waals surface area contributed by atoms with Crippen molar-refractivity contribution in [3.63, 3.8) is 0 Å². The Morgan fingerprint density at radius 1 is 1.56 bits per heavy atom. The molecule has 0 bridgehead atoms. The second kappa shape index (κ2) is 9.42. The van der Waals surface area contributed by atoms with Gasteiger partial charge in [0.25, 0.3) is 0 Å². The molecule has 0 spiro atoms. The maximum atomic E-state index is 11.8. The zero-order chi connectivity index (χ0) is 13.2. The number of nitrogens with one attached hydrogen (secondary N) is 1. The summed E-state index contributed by atoms with van der Waals surface area (Å²) >= 11 is 3.55. The van der Waals surface area contributed by atoms with Crippen LogP contribution in [0.1, 0.15) is 25.1 Å². The Balaban J connectivity index is 2.40.